The molecular formula is C21H16FNO2. The van der Waals surface area contributed by atoms with Crippen molar-refractivity contribution in [3.63, 3.8) is 0 Å². The quantitative estimate of drug-likeness (QED) is 0.687. The summed E-state index contributed by atoms with van der Waals surface area (Å²) in [7, 11) is 0. The fourth-order valence-corrected chi connectivity index (χ4v) is 3.41. The van der Waals surface area contributed by atoms with Gasteiger partial charge in [0.1, 0.15) is 11.6 Å². The minimum absolute atomic E-state index is 0.107. The zero-order valence-electron chi connectivity index (χ0n) is 13.6. The lowest BCUT2D eigenvalue weighted by Gasteiger charge is -2.37. The van der Waals surface area contributed by atoms with Crippen LogP contribution in [0.5, 0.6) is 5.75 Å². The van der Waals surface area contributed by atoms with Crippen LogP contribution in [0.25, 0.3) is 11.1 Å². The van der Waals surface area contributed by atoms with Crippen molar-refractivity contribution in [1.82, 2.24) is 0 Å². The van der Waals surface area contributed by atoms with Crippen molar-refractivity contribution >= 4 is 11.6 Å². The summed E-state index contributed by atoms with van der Waals surface area (Å²) in [5, 5.41) is 9.45. The Morgan fingerprint density at radius 3 is 2.48 bits per heavy atom. The topological polar surface area (TPSA) is 40.5 Å². The van der Waals surface area contributed by atoms with Crippen molar-refractivity contribution in [3.8, 4) is 16.9 Å². The molecule has 0 radical (unpaired) electrons. The molecule has 1 atom stereocenters. The number of aromatic hydroxyl groups is 1. The van der Waals surface area contributed by atoms with Gasteiger partial charge in [0, 0.05) is 11.1 Å². The standard InChI is InChI=1S/C21H16FNO2/c1-13-19-12-15(22)8-11-17(19)18-4-2-3-5-20(18)23(13)21(25)14-6-9-16(24)10-7-14/h2-13,24H,1H3/t13-/m0/s1. The van der Waals surface area contributed by atoms with Crippen LogP contribution in [0.1, 0.15) is 28.9 Å². The predicted octanol–water partition coefficient (Wildman–Crippen LogP) is 4.92. The van der Waals surface area contributed by atoms with Gasteiger partial charge in [-0.15, -0.1) is 0 Å². The van der Waals surface area contributed by atoms with Gasteiger partial charge in [0.25, 0.3) is 5.91 Å². The molecule has 3 aromatic carbocycles. The normalized spacial score (nSPS) is 15.4. The third-order valence-electron chi connectivity index (χ3n) is 4.64. The van der Waals surface area contributed by atoms with E-state index >= 15 is 0 Å². The molecule has 3 nitrogen and oxygen atoms in total. The Labute approximate surface area is 145 Å². The fourth-order valence-electron chi connectivity index (χ4n) is 3.41. The summed E-state index contributed by atoms with van der Waals surface area (Å²) in [6, 6.07) is 18.2. The molecule has 1 aliphatic heterocycles. The molecule has 124 valence electrons. The van der Waals surface area contributed by atoms with E-state index in [1.807, 2.05) is 31.2 Å². The summed E-state index contributed by atoms with van der Waals surface area (Å²) in [5.74, 6) is -0.395. The number of benzene rings is 3. The number of rotatable bonds is 1. The van der Waals surface area contributed by atoms with Crippen LogP contribution in [0.4, 0.5) is 10.1 Å². The Balaban J connectivity index is 1.88. The first-order valence-electron chi connectivity index (χ1n) is 8.07. The number of amides is 1. The molecule has 4 rings (SSSR count). The lowest BCUT2D eigenvalue weighted by Crippen LogP contribution is -2.36. The molecular weight excluding hydrogens is 317 g/mol. The molecule has 1 N–H and O–H groups in total. The molecule has 3 aromatic rings. The minimum atomic E-state index is -0.318. The number of carbonyl (C=O) groups is 1. The highest BCUT2D eigenvalue weighted by atomic mass is 19.1. The summed E-state index contributed by atoms with van der Waals surface area (Å²) < 4.78 is 13.8. The number of hydrogen-bond acceptors (Lipinski definition) is 2. The highest BCUT2D eigenvalue weighted by molar-refractivity contribution is 6.10. The molecule has 0 spiro atoms. The zero-order valence-corrected chi connectivity index (χ0v) is 13.6. The maximum absolute atomic E-state index is 13.8. The van der Waals surface area contributed by atoms with Crippen molar-refractivity contribution in [2.45, 2.75) is 13.0 Å². The highest BCUT2D eigenvalue weighted by Gasteiger charge is 2.32. The number of nitrogens with zero attached hydrogens (tertiary/aromatic N) is 1. The number of anilines is 1. The van der Waals surface area contributed by atoms with Crippen LogP contribution in [0.2, 0.25) is 0 Å². The molecule has 1 heterocycles. The largest absolute Gasteiger partial charge is 0.508 e. The van der Waals surface area contributed by atoms with Crippen LogP contribution >= 0.6 is 0 Å². The van der Waals surface area contributed by atoms with Crippen molar-refractivity contribution in [2.24, 2.45) is 0 Å². The highest BCUT2D eigenvalue weighted by Crippen LogP contribution is 2.45. The second kappa shape index (κ2) is 5.74. The van der Waals surface area contributed by atoms with E-state index in [1.54, 1.807) is 23.1 Å². The van der Waals surface area contributed by atoms with E-state index in [9.17, 15) is 14.3 Å². The maximum Gasteiger partial charge on any atom is 0.258 e. The average molecular weight is 333 g/mol. The van der Waals surface area contributed by atoms with Gasteiger partial charge < -0.3 is 10.0 Å². The fraction of sp³-hybridized carbons (Fsp3) is 0.0952. The van der Waals surface area contributed by atoms with Crippen molar-refractivity contribution in [2.75, 3.05) is 4.90 Å². The van der Waals surface area contributed by atoms with E-state index in [0.717, 1.165) is 22.4 Å². The van der Waals surface area contributed by atoms with Gasteiger partial charge in [0.05, 0.1) is 11.7 Å². The van der Waals surface area contributed by atoms with Gasteiger partial charge in [-0.05, 0) is 60.5 Å². The number of carbonyl (C=O) groups excluding carboxylic acids is 1. The van der Waals surface area contributed by atoms with Gasteiger partial charge in [0.2, 0.25) is 0 Å². The van der Waals surface area contributed by atoms with Crippen molar-refractivity contribution < 1.29 is 14.3 Å². The molecule has 1 aliphatic rings. The molecule has 1 amide bonds. The summed E-state index contributed by atoms with van der Waals surface area (Å²) in [5.41, 5.74) is 3.90. The van der Waals surface area contributed by atoms with Gasteiger partial charge in [0.15, 0.2) is 0 Å². The molecule has 4 heteroatoms. The Hall–Kier alpha value is -3.14. The van der Waals surface area contributed by atoms with Crippen molar-refractivity contribution in [1.29, 1.82) is 0 Å². The summed E-state index contributed by atoms with van der Waals surface area (Å²) in [6.07, 6.45) is 0. The third-order valence-corrected chi connectivity index (χ3v) is 4.64. The first-order valence-corrected chi connectivity index (χ1v) is 8.07. The number of halogens is 1. The second-order valence-electron chi connectivity index (χ2n) is 6.15. The number of phenolic OH excluding ortho intramolecular Hbond substituents is 1. The van der Waals surface area contributed by atoms with Crippen LogP contribution in [-0.4, -0.2) is 11.0 Å². The first-order chi connectivity index (χ1) is 12.1. The van der Waals surface area contributed by atoms with Crippen LogP contribution in [-0.2, 0) is 0 Å². The second-order valence-corrected chi connectivity index (χ2v) is 6.15. The van der Waals surface area contributed by atoms with Gasteiger partial charge in [-0.3, -0.25) is 4.79 Å². The number of hydrogen-bond donors (Lipinski definition) is 1. The summed E-state index contributed by atoms with van der Waals surface area (Å²) in [4.78, 5) is 14.8. The van der Waals surface area contributed by atoms with E-state index in [4.69, 9.17) is 0 Å². The number of phenols is 1. The minimum Gasteiger partial charge on any atom is -0.508 e. The smallest absolute Gasteiger partial charge is 0.258 e. The Bertz CT molecular complexity index is 966. The molecule has 0 bridgehead atoms. The predicted molar refractivity (Wildman–Crippen MR) is 95.2 cm³/mol. The third kappa shape index (κ3) is 2.47. The molecule has 0 fully saturated rings. The van der Waals surface area contributed by atoms with Gasteiger partial charge >= 0.3 is 0 Å². The Kier molecular flexibility index (Phi) is 3.53. The van der Waals surface area contributed by atoms with Crippen LogP contribution < -0.4 is 4.90 Å². The lowest BCUT2D eigenvalue weighted by molar-refractivity contribution is 0.0978. The van der Waals surface area contributed by atoms with E-state index in [1.165, 1.54) is 24.3 Å². The maximum atomic E-state index is 13.8. The van der Waals surface area contributed by atoms with Crippen LogP contribution in [0, 0.1) is 5.82 Å². The SMILES string of the molecule is C[C@H]1c2cc(F)ccc2-c2ccccc2N1C(=O)c1ccc(O)cc1. The number of para-hydroxylation sites is 1. The van der Waals surface area contributed by atoms with Crippen LogP contribution in [0.15, 0.2) is 66.7 Å². The van der Waals surface area contributed by atoms with E-state index in [2.05, 4.69) is 0 Å². The Morgan fingerprint density at radius 1 is 1.00 bits per heavy atom. The molecule has 0 unspecified atom stereocenters. The molecule has 0 saturated carbocycles. The molecule has 25 heavy (non-hydrogen) atoms. The van der Waals surface area contributed by atoms with Gasteiger partial charge in [-0.25, -0.2) is 4.39 Å². The van der Waals surface area contributed by atoms with E-state index in [0.29, 0.717) is 5.56 Å². The first kappa shape index (κ1) is 15.4. The summed E-state index contributed by atoms with van der Waals surface area (Å²) >= 11 is 0. The van der Waals surface area contributed by atoms with Gasteiger partial charge in [-0.1, -0.05) is 24.3 Å². The monoisotopic (exact) mass is 333 g/mol. The van der Waals surface area contributed by atoms with E-state index < -0.39 is 0 Å². The summed E-state index contributed by atoms with van der Waals surface area (Å²) in [6.45, 7) is 1.90. The molecule has 0 saturated heterocycles. The molecule has 0 aromatic heterocycles. The lowest BCUT2D eigenvalue weighted by atomic mass is 9.88. The van der Waals surface area contributed by atoms with Crippen molar-refractivity contribution in [3.05, 3.63) is 83.7 Å². The number of fused-ring (bicyclic) bond motifs is 3. The average Bonchev–Trinajstić information content (AvgIpc) is 2.62. The van der Waals surface area contributed by atoms with E-state index in [-0.39, 0.29) is 23.5 Å². The van der Waals surface area contributed by atoms with Crippen LogP contribution in [0.3, 0.4) is 0 Å². The van der Waals surface area contributed by atoms with Gasteiger partial charge in [-0.2, -0.15) is 0 Å². The zero-order chi connectivity index (χ0) is 17.6. The Morgan fingerprint density at radius 2 is 1.72 bits per heavy atom. The molecule has 0 aliphatic carbocycles.